The zero-order valence-electron chi connectivity index (χ0n) is 7.85. The highest BCUT2D eigenvalue weighted by atomic mass is 35.5. The van der Waals surface area contributed by atoms with Crippen molar-refractivity contribution in [2.45, 2.75) is 0 Å². The summed E-state index contributed by atoms with van der Waals surface area (Å²) in [6.45, 7) is 0. The van der Waals surface area contributed by atoms with Crippen LogP contribution in [-0.2, 0) is 0 Å². The van der Waals surface area contributed by atoms with Crippen molar-refractivity contribution in [3.8, 4) is 11.1 Å². The Morgan fingerprint density at radius 3 is 2.25 bits per heavy atom. The first-order valence-electron chi connectivity index (χ1n) is 4.34. The molecule has 1 aromatic carbocycles. The van der Waals surface area contributed by atoms with Gasteiger partial charge in [-0.05, 0) is 29.8 Å². The molecule has 0 radical (unpaired) electrons. The van der Waals surface area contributed by atoms with E-state index in [0.29, 0.717) is 21.2 Å². The summed E-state index contributed by atoms with van der Waals surface area (Å²) in [4.78, 5) is 3.63. The van der Waals surface area contributed by atoms with Gasteiger partial charge in [-0.3, -0.25) is 0 Å². The van der Waals surface area contributed by atoms with Gasteiger partial charge in [0.25, 0.3) is 0 Å². The molecule has 0 N–H and O–H groups in total. The summed E-state index contributed by atoms with van der Waals surface area (Å²) in [5, 5.41) is 0.707. The largest absolute Gasteiger partial charge is 0.242 e. The quantitative estimate of drug-likeness (QED) is 0.679. The SMILES string of the molecule is Fc1c(-c2cc(Cl)cc(Cl)c2)ccnc1Cl. The second kappa shape index (κ2) is 4.58. The number of hydrogen-bond acceptors (Lipinski definition) is 1. The minimum absolute atomic E-state index is 0.173. The van der Waals surface area contributed by atoms with Gasteiger partial charge in [0, 0.05) is 21.8 Å². The second-order valence-electron chi connectivity index (χ2n) is 3.12. The van der Waals surface area contributed by atoms with Crippen molar-refractivity contribution in [3.05, 3.63) is 51.5 Å². The van der Waals surface area contributed by atoms with Crippen LogP contribution in [0.5, 0.6) is 0 Å². The van der Waals surface area contributed by atoms with Gasteiger partial charge in [0.05, 0.1) is 0 Å². The van der Waals surface area contributed by atoms with E-state index in [4.69, 9.17) is 34.8 Å². The van der Waals surface area contributed by atoms with Gasteiger partial charge >= 0.3 is 0 Å². The number of aromatic nitrogens is 1. The van der Waals surface area contributed by atoms with Crippen LogP contribution in [0.1, 0.15) is 0 Å². The Kier molecular flexibility index (Phi) is 3.33. The Morgan fingerprint density at radius 2 is 1.62 bits per heavy atom. The summed E-state index contributed by atoms with van der Waals surface area (Å²) in [6, 6.07) is 6.32. The number of benzene rings is 1. The van der Waals surface area contributed by atoms with Gasteiger partial charge in [0.1, 0.15) is 0 Å². The average molecular weight is 277 g/mol. The molecular formula is C11H5Cl3FN. The lowest BCUT2D eigenvalue weighted by Crippen LogP contribution is -1.88. The lowest BCUT2D eigenvalue weighted by atomic mass is 10.1. The van der Waals surface area contributed by atoms with E-state index in [9.17, 15) is 4.39 Å². The van der Waals surface area contributed by atoms with Crippen molar-refractivity contribution in [1.82, 2.24) is 4.98 Å². The van der Waals surface area contributed by atoms with Gasteiger partial charge in [-0.15, -0.1) is 0 Å². The standard InChI is InChI=1S/C11H5Cl3FN/c12-7-3-6(4-8(13)5-7)9-1-2-16-11(14)10(9)15/h1-5H. The van der Waals surface area contributed by atoms with Crippen molar-refractivity contribution < 1.29 is 4.39 Å². The van der Waals surface area contributed by atoms with Crippen molar-refractivity contribution >= 4 is 34.8 Å². The number of pyridine rings is 1. The number of nitrogens with zero attached hydrogens (tertiary/aromatic N) is 1. The molecule has 5 heteroatoms. The molecule has 0 atom stereocenters. The van der Waals surface area contributed by atoms with Crippen LogP contribution < -0.4 is 0 Å². The summed E-state index contributed by atoms with van der Waals surface area (Å²) in [6.07, 6.45) is 1.43. The van der Waals surface area contributed by atoms with Gasteiger partial charge in [0.2, 0.25) is 0 Å². The summed E-state index contributed by atoms with van der Waals surface area (Å²) >= 11 is 17.3. The fraction of sp³-hybridized carbons (Fsp3) is 0. The van der Waals surface area contributed by atoms with Crippen LogP contribution >= 0.6 is 34.8 Å². The minimum Gasteiger partial charge on any atom is -0.242 e. The van der Waals surface area contributed by atoms with Gasteiger partial charge in [-0.25, -0.2) is 9.37 Å². The van der Waals surface area contributed by atoms with Crippen molar-refractivity contribution in [2.24, 2.45) is 0 Å². The summed E-state index contributed by atoms with van der Waals surface area (Å²) in [5.41, 5.74) is 0.892. The predicted octanol–water partition coefficient (Wildman–Crippen LogP) is 4.85. The maximum atomic E-state index is 13.7. The van der Waals surface area contributed by atoms with Crippen LogP contribution in [0.15, 0.2) is 30.5 Å². The molecule has 2 aromatic rings. The maximum absolute atomic E-state index is 13.7. The van der Waals surface area contributed by atoms with Crippen LogP contribution in [0, 0.1) is 5.82 Å². The van der Waals surface area contributed by atoms with E-state index in [0.717, 1.165) is 0 Å². The van der Waals surface area contributed by atoms with Crippen molar-refractivity contribution in [2.75, 3.05) is 0 Å². The fourth-order valence-electron chi connectivity index (χ4n) is 1.35. The molecule has 0 bridgehead atoms. The molecule has 0 amide bonds. The van der Waals surface area contributed by atoms with Crippen molar-refractivity contribution in [1.29, 1.82) is 0 Å². The van der Waals surface area contributed by atoms with E-state index >= 15 is 0 Å². The van der Waals surface area contributed by atoms with Crippen LogP contribution in [0.2, 0.25) is 15.2 Å². The molecule has 0 aliphatic carbocycles. The minimum atomic E-state index is -0.581. The molecule has 1 heterocycles. The normalized spacial score (nSPS) is 10.5. The lowest BCUT2D eigenvalue weighted by molar-refractivity contribution is 0.625. The van der Waals surface area contributed by atoms with E-state index in [1.54, 1.807) is 18.2 Å². The predicted molar refractivity (Wildman–Crippen MR) is 64.7 cm³/mol. The molecule has 0 saturated carbocycles. The third kappa shape index (κ3) is 2.29. The van der Waals surface area contributed by atoms with Gasteiger partial charge in [-0.1, -0.05) is 34.8 Å². The first-order valence-corrected chi connectivity index (χ1v) is 5.48. The summed E-state index contributed by atoms with van der Waals surface area (Å²) in [5.74, 6) is -0.581. The van der Waals surface area contributed by atoms with Crippen LogP contribution in [0.3, 0.4) is 0 Å². The second-order valence-corrected chi connectivity index (χ2v) is 4.35. The molecule has 0 fully saturated rings. The Bertz CT molecular complexity index is 522. The third-order valence-corrected chi connectivity index (χ3v) is 2.72. The highest BCUT2D eigenvalue weighted by molar-refractivity contribution is 6.35. The van der Waals surface area contributed by atoms with E-state index in [2.05, 4.69) is 4.98 Å². The molecule has 82 valence electrons. The molecule has 0 spiro atoms. The number of rotatable bonds is 1. The monoisotopic (exact) mass is 275 g/mol. The van der Waals surface area contributed by atoms with E-state index < -0.39 is 5.82 Å². The smallest absolute Gasteiger partial charge is 0.168 e. The molecule has 0 aliphatic heterocycles. The molecule has 2 rings (SSSR count). The van der Waals surface area contributed by atoms with E-state index in [1.165, 1.54) is 12.3 Å². The summed E-state index contributed by atoms with van der Waals surface area (Å²) < 4.78 is 13.7. The van der Waals surface area contributed by atoms with Crippen LogP contribution in [0.4, 0.5) is 4.39 Å². The number of hydrogen-bond donors (Lipinski definition) is 0. The number of halogens is 4. The lowest BCUT2D eigenvalue weighted by Gasteiger charge is -2.05. The van der Waals surface area contributed by atoms with Gasteiger partial charge < -0.3 is 0 Å². The zero-order chi connectivity index (χ0) is 11.7. The molecule has 16 heavy (non-hydrogen) atoms. The molecular weight excluding hydrogens is 271 g/mol. The van der Waals surface area contributed by atoms with Crippen LogP contribution in [0.25, 0.3) is 11.1 Å². The zero-order valence-corrected chi connectivity index (χ0v) is 10.1. The topological polar surface area (TPSA) is 12.9 Å². The average Bonchev–Trinajstić information content (AvgIpc) is 2.20. The van der Waals surface area contributed by atoms with Gasteiger partial charge in [0.15, 0.2) is 11.0 Å². The first-order chi connectivity index (χ1) is 7.58. The van der Waals surface area contributed by atoms with Gasteiger partial charge in [-0.2, -0.15) is 0 Å². The molecule has 1 nitrogen and oxygen atoms in total. The Hall–Kier alpha value is -0.830. The Balaban J connectivity index is 2.63. The third-order valence-electron chi connectivity index (χ3n) is 2.02. The fourth-order valence-corrected chi connectivity index (χ4v) is 2.03. The molecule has 0 unspecified atom stereocenters. The molecule has 0 aliphatic rings. The van der Waals surface area contributed by atoms with E-state index in [-0.39, 0.29) is 5.15 Å². The molecule has 0 saturated heterocycles. The Labute approximate surface area is 107 Å². The highest BCUT2D eigenvalue weighted by Gasteiger charge is 2.10. The first kappa shape index (κ1) is 11.6. The Morgan fingerprint density at radius 1 is 1.00 bits per heavy atom. The van der Waals surface area contributed by atoms with E-state index in [1.807, 2.05) is 0 Å². The molecule has 1 aromatic heterocycles. The summed E-state index contributed by atoms with van der Waals surface area (Å²) in [7, 11) is 0. The maximum Gasteiger partial charge on any atom is 0.168 e. The van der Waals surface area contributed by atoms with Crippen LogP contribution in [-0.4, -0.2) is 4.98 Å². The van der Waals surface area contributed by atoms with Crippen molar-refractivity contribution in [3.63, 3.8) is 0 Å². The highest BCUT2D eigenvalue weighted by Crippen LogP contribution is 2.30.